The first-order valence-electron chi connectivity index (χ1n) is 9.57. The summed E-state index contributed by atoms with van der Waals surface area (Å²) in [6, 6.07) is 24.0. The molecule has 3 aromatic rings. The minimum atomic E-state index is -0.0785. The second kappa shape index (κ2) is 9.75. The van der Waals surface area contributed by atoms with Crippen LogP contribution in [0.2, 0.25) is 0 Å². The SMILES string of the molecule is COc1ccc(NC(=O)C[NH2+][C@H](c2ccccc2)c2ccc(C)cc2)cc1OC. The summed E-state index contributed by atoms with van der Waals surface area (Å²) >= 11 is 0. The number of hydrogen-bond acceptors (Lipinski definition) is 3. The summed E-state index contributed by atoms with van der Waals surface area (Å²) in [5.74, 6) is 1.13. The Morgan fingerprint density at radius 3 is 2.21 bits per heavy atom. The number of nitrogens with one attached hydrogen (secondary N) is 1. The van der Waals surface area contributed by atoms with Crippen LogP contribution in [0.25, 0.3) is 0 Å². The van der Waals surface area contributed by atoms with E-state index in [1.54, 1.807) is 32.4 Å². The van der Waals surface area contributed by atoms with Gasteiger partial charge in [-0.05, 0) is 19.1 Å². The van der Waals surface area contributed by atoms with Gasteiger partial charge in [0.1, 0.15) is 6.04 Å². The molecule has 0 saturated carbocycles. The molecule has 3 N–H and O–H groups in total. The summed E-state index contributed by atoms with van der Waals surface area (Å²) in [7, 11) is 3.16. The van der Waals surface area contributed by atoms with E-state index < -0.39 is 0 Å². The van der Waals surface area contributed by atoms with Gasteiger partial charge in [0.25, 0.3) is 5.91 Å². The molecule has 0 aliphatic rings. The zero-order chi connectivity index (χ0) is 20.6. The molecule has 29 heavy (non-hydrogen) atoms. The summed E-state index contributed by atoms with van der Waals surface area (Å²) in [6.07, 6.45) is 0. The first kappa shape index (κ1) is 20.4. The molecule has 3 rings (SSSR count). The average molecular weight is 391 g/mol. The maximum atomic E-state index is 12.6. The molecule has 0 aliphatic carbocycles. The number of ether oxygens (including phenoxy) is 2. The summed E-state index contributed by atoms with van der Waals surface area (Å²) in [6.45, 7) is 2.36. The molecule has 0 fully saturated rings. The van der Waals surface area contributed by atoms with Gasteiger partial charge in [0.15, 0.2) is 18.0 Å². The molecule has 5 heteroatoms. The zero-order valence-corrected chi connectivity index (χ0v) is 17.0. The molecule has 1 amide bonds. The highest BCUT2D eigenvalue weighted by molar-refractivity contribution is 5.91. The summed E-state index contributed by atoms with van der Waals surface area (Å²) < 4.78 is 10.5. The standard InChI is InChI=1S/C24H26N2O3/c1-17-9-11-19(12-10-17)24(18-7-5-4-6-8-18)25-16-23(27)26-20-13-14-21(28-2)22(15-20)29-3/h4-15,24-25H,16H2,1-3H3,(H,26,27)/p+1/t24-/m1/s1. The molecule has 0 heterocycles. The van der Waals surface area contributed by atoms with E-state index in [1.165, 1.54) is 11.1 Å². The minimum Gasteiger partial charge on any atom is -0.493 e. The lowest BCUT2D eigenvalue weighted by molar-refractivity contribution is -0.676. The molecular formula is C24H27N2O3+. The van der Waals surface area contributed by atoms with Crippen LogP contribution in [0, 0.1) is 6.92 Å². The Hall–Kier alpha value is -3.31. The molecule has 0 saturated heterocycles. The van der Waals surface area contributed by atoms with Gasteiger partial charge in [0.05, 0.1) is 14.2 Å². The van der Waals surface area contributed by atoms with Gasteiger partial charge < -0.3 is 20.1 Å². The molecule has 150 valence electrons. The number of benzene rings is 3. The normalized spacial score (nSPS) is 11.6. The third-order valence-corrected chi connectivity index (χ3v) is 4.80. The van der Waals surface area contributed by atoms with Crippen molar-refractivity contribution in [3.63, 3.8) is 0 Å². The Bertz CT molecular complexity index is 940. The Morgan fingerprint density at radius 2 is 1.55 bits per heavy atom. The Balaban J connectivity index is 1.71. The molecule has 0 bridgehead atoms. The molecule has 1 atom stereocenters. The Morgan fingerprint density at radius 1 is 0.897 bits per heavy atom. The molecular weight excluding hydrogens is 364 g/mol. The molecule has 0 aliphatic heterocycles. The van der Waals surface area contributed by atoms with E-state index in [2.05, 4.69) is 54.0 Å². The van der Waals surface area contributed by atoms with Crippen molar-refractivity contribution in [3.05, 3.63) is 89.5 Å². The Kier molecular flexibility index (Phi) is 6.87. The van der Waals surface area contributed by atoms with E-state index in [1.807, 2.05) is 18.2 Å². The summed E-state index contributed by atoms with van der Waals surface area (Å²) in [5, 5.41) is 4.98. The molecule has 5 nitrogen and oxygen atoms in total. The van der Waals surface area contributed by atoms with Gasteiger partial charge in [-0.15, -0.1) is 0 Å². The van der Waals surface area contributed by atoms with E-state index in [0.29, 0.717) is 23.7 Å². The number of amides is 1. The average Bonchev–Trinajstić information content (AvgIpc) is 2.75. The predicted octanol–water partition coefficient (Wildman–Crippen LogP) is 3.30. The smallest absolute Gasteiger partial charge is 0.279 e. The molecule has 3 aromatic carbocycles. The fourth-order valence-corrected chi connectivity index (χ4v) is 3.25. The zero-order valence-electron chi connectivity index (χ0n) is 17.0. The van der Waals surface area contributed by atoms with Gasteiger partial charge in [0.2, 0.25) is 0 Å². The van der Waals surface area contributed by atoms with Crippen molar-refractivity contribution >= 4 is 11.6 Å². The summed E-state index contributed by atoms with van der Waals surface area (Å²) in [5.41, 5.74) is 4.22. The topological polar surface area (TPSA) is 64.2 Å². The molecule has 0 unspecified atom stereocenters. The van der Waals surface area contributed by atoms with Crippen molar-refractivity contribution in [2.45, 2.75) is 13.0 Å². The predicted molar refractivity (Wildman–Crippen MR) is 114 cm³/mol. The molecule has 0 aromatic heterocycles. The van der Waals surface area contributed by atoms with Crippen molar-refractivity contribution in [1.29, 1.82) is 0 Å². The van der Waals surface area contributed by atoms with E-state index in [0.717, 1.165) is 5.56 Å². The monoisotopic (exact) mass is 391 g/mol. The van der Waals surface area contributed by atoms with Crippen LogP contribution in [-0.4, -0.2) is 26.7 Å². The highest BCUT2D eigenvalue weighted by Gasteiger charge is 2.19. The summed E-state index contributed by atoms with van der Waals surface area (Å²) in [4.78, 5) is 12.6. The van der Waals surface area contributed by atoms with Gasteiger partial charge >= 0.3 is 0 Å². The lowest BCUT2D eigenvalue weighted by Crippen LogP contribution is -2.87. The number of rotatable bonds is 8. The van der Waals surface area contributed by atoms with Gasteiger partial charge in [0, 0.05) is 22.9 Å². The number of anilines is 1. The largest absolute Gasteiger partial charge is 0.493 e. The Labute approximate surface area is 171 Å². The van der Waals surface area contributed by atoms with Crippen LogP contribution < -0.4 is 20.1 Å². The van der Waals surface area contributed by atoms with Gasteiger partial charge in [-0.3, -0.25) is 4.79 Å². The van der Waals surface area contributed by atoms with Gasteiger partial charge in [-0.2, -0.15) is 0 Å². The van der Waals surface area contributed by atoms with E-state index in [4.69, 9.17) is 9.47 Å². The third-order valence-electron chi connectivity index (χ3n) is 4.80. The fourth-order valence-electron chi connectivity index (χ4n) is 3.25. The highest BCUT2D eigenvalue weighted by atomic mass is 16.5. The van der Waals surface area contributed by atoms with Crippen LogP contribution in [-0.2, 0) is 4.79 Å². The van der Waals surface area contributed by atoms with Crippen LogP contribution in [0.15, 0.2) is 72.8 Å². The third kappa shape index (κ3) is 5.36. The number of carbonyl (C=O) groups is 1. The van der Waals surface area contributed by atoms with Crippen LogP contribution in [0.1, 0.15) is 22.7 Å². The van der Waals surface area contributed by atoms with Crippen LogP contribution in [0.4, 0.5) is 5.69 Å². The van der Waals surface area contributed by atoms with Crippen molar-refractivity contribution in [1.82, 2.24) is 0 Å². The lowest BCUT2D eigenvalue weighted by atomic mass is 9.98. The van der Waals surface area contributed by atoms with E-state index in [-0.39, 0.29) is 11.9 Å². The van der Waals surface area contributed by atoms with Gasteiger partial charge in [-0.1, -0.05) is 60.2 Å². The van der Waals surface area contributed by atoms with Crippen molar-refractivity contribution in [2.75, 3.05) is 26.1 Å². The van der Waals surface area contributed by atoms with E-state index in [9.17, 15) is 4.79 Å². The van der Waals surface area contributed by atoms with Crippen LogP contribution in [0.5, 0.6) is 11.5 Å². The van der Waals surface area contributed by atoms with E-state index >= 15 is 0 Å². The number of hydrogen-bond donors (Lipinski definition) is 2. The van der Waals surface area contributed by atoms with Crippen LogP contribution >= 0.6 is 0 Å². The maximum absolute atomic E-state index is 12.6. The second-order valence-corrected chi connectivity index (χ2v) is 6.86. The van der Waals surface area contributed by atoms with Gasteiger partial charge in [-0.25, -0.2) is 0 Å². The second-order valence-electron chi connectivity index (χ2n) is 6.86. The number of methoxy groups -OCH3 is 2. The number of aryl methyl sites for hydroxylation is 1. The number of nitrogens with two attached hydrogens (primary N) is 1. The number of carbonyl (C=O) groups excluding carboxylic acids is 1. The van der Waals surface area contributed by atoms with Crippen molar-refractivity contribution < 1.29 is 19.6 Å². The molecule has 0 spiro atoms. The number of quaternary nitrogens is 1. The molecule has 0 radical (unpaired) electrons. The van der Waals surface area contributed by atoms with Crippen molar-refractivity contribution in [2.24, 2.45) is 0 Å². The van der Waals surface area contributed by atoms with Crippen molar-refractivity contribution in [3.8, 4) is 11.5 Å². The minimum absolute atomic E-state index is 0.0490. The quantitative estimate of drug-likeness (QED) is 0.619. The maximum Gasteiger partial charge on any atom is 0.279 e. The van der Waals surface area contributed by atoms with Crippen LogP contribution in [0.3, 0.4) is 0 Å². The highest BCUT2D eigenvalue weighted by Crippen LogP contribution is 2.29. The first-order chi connectivity index (χ1) is 14.1. The lowest BCUT2D eigenvalue weighted by Gasteiger charge is -2.17. The first-order valence-corrected chi connectivity index (χ1v) is 9.57. The fraction of sp³-hybridized carbons (Fsp3) is 0.208.